The second-order valence-corrected chi connectivity index (χ2v) is 14.6. The Kier molecular flexibility index (Phi) is 7.82. The number of nitrogens with zero attached hydrogens (tertiary/aromatic N) is 3. The van der Waals surface area contributed by atoms with Crippen LogP contribution in [0, 0.1) is 0 Å². The number of benzene rings is 10. The molecule has 11 aromatic rings. The highest BCUT2D eigenvalue weighted by Crippen LogP contribution is 2.46. The lowest BCUT2D eigenvalue weighted by Gasteiger charge is -2.30. The summed E-state index contributed by atoms with van der Waals surface area (Å²) in [4.78, 5) is 4.80. The van der Waals surface area contributed by atoms with Gasteiger partial charge in [-0.15, -0.1) is 0 Å². The SMILES string of the molecule is c1ccc(N(c2ccccc2)c2cccc(N(c3ccc4c5ccccc5n(-c5ccccc5)c4c3)c3cccc4ccc5c6ccccc6ccc5c34)c2)cc1. The highest BCUT2D eigenvalue weighted by molar-refractivity contribution is 6.21. The minimum atomic E-state index is 1.07. The van der Waals surface area contributed by atoms with Crippen LogP contribution >= 0.6 is 0 Å². The fourth-order valence-corrected chi connectivity index (χ4v) is 8.80. The van der Waals surface area contributed by atoms with Crippen molar-refractivity contribution in [2.45, 2.75) is 0 Å². The summed E-state index contributed by atoms with van der Waals surface area (Å²) in [5.74, 6) is 0. The van der Waals surface area contributed by atoms with Crippen LogP contribution in [0.4, 0.5) is 34.1 Å². The molecule has 0 aliphatic rings. The van der Waals surface area contributed by atoms with Crippen molar-refractivity contribution in [3.05, 3.63) is 224 Å². The Bertz CT molecular complexity index is 3200. The van der Waals surface area contributed by atoms with E-state index in [1.165, 1.54) is 48.6 Å². The van der Waals surface area contributed by atoms with Gasteiger partial charge in [0, 0.05) is 50.3 Å². The first-order valence-corrected chi connectivity index (χ1v) is 19.5. The Morgan fingerprint density at radius 1 is 0.281 bits per heavy atom. The summed E-state index contributed by atoms with van der Waals surface area (Å²) in [7, 11) is 0. The molecule has 0 N–H and O–H groups in total. The zero-order chi connectivity index (χ0) is 37.7. The van der Waals surface area contributed by atoms with Gasteiger partial charge in [-0.1, -0.05) is 146 Å². The molecule has 0 atom stereocenters. The maximum absolute atomic E-state index is 2.46. The first-order valence-electron chi connectivity index (χ1n) is 19.5. The lowest BCUT2D eigenvalue weighted by atomic mass is 9.95. The number of anilines is 6. The second kappa shape index (κ2) is 13.6. The van der Waals surface area contributed by atoms with Gasteiger partial charge in [-0.2, -0.15) is 0 Å². The van der Waals surface area contributed by atoms with Crippen LogP contribution in [-0.4, -0.2) is 4.57 Å². The Labute approximate surface area is 331 Å². The monoisotopic (exact) mass is 727 g/mol. The minimum absolute atomic E-state index is 1.07. The van der Waals surface area contributed by atoms with Crippen LogP contribution in [-0.2, 0) is 0 Å². The van der Waals surface area contributed by atoms with Gasteiger partial charge in [-0.3, -0.25) is 0 Å². The molecule has 57 heavy (non-hydrogen) atoms. The highest BCUT2D eigenvalue weighted by Gasteiger charge is 2.22. The van der Waals surface area contributed by atoms with E-state index < -0.39 is 0 Å². The van der Waals surface area contributed by atoms with Crippen LogP contribution in [0.5, 0.6) is 0 Å². The molecular formula is C54H37N3. The summed E-state index contributed by atoms with van der Waals surface area (Å²) in [6, 6.07) is 81.2. The van der Waals surface area contributed by atoms with E-state index in [1.807, 2.05) is 0 Å². The molecule has 0 saturated heterocycles. The van der Waals surface area contributed by atoms with Gasteiger partial charge < -0.3 is 14.4 Å². The lowest BCUT2D eigenvalue weighted by molar-refractivity contribution is 1.18. The number of para-hydroxylation sites is 4. The Morgan fingerprint density at radius 3 is 1.58 bits per heavy atom. The van der Waals surface area contributed by atoms with Crippen molar-refractivity contribution in [2.75, 3.05) is 9.80 Å². The van der Waals surface area contributed by atoms with Gasteiger partial charge in [0.2, 0.25) is 0 Å². The molecule has 0 fully saturated rings. The van der Waals surface area contributed by atoms with E-state index in [2.05, 4.69) is 239 Å². The van der Waals surface area contributed by atoms with Gasteiger partial charge in [0.1, 0.15) is 0 Å². The van der Waals surface area contributed by atoms with Crippen molar-refractivity contribution in [1.82, 2.24) is 4.57 Å². The van der Waals surface area contributed by atoms with E-state index in [9.17, 15) is 0 Å². The molecule has 0 spiro atoms. The summed E-state index contributed by atoms with van der Waals surface area (Å²) in [6.45, 7) is 0. The number of hydrogen-bond donors (Lipinski definition) is 0. The van der Waals surface area contributed by atoms with Crippen LogP contribution in [0.25, 0.3) is 59.8 Å². The minimum Gasteiger partial charge on any atom is -0.310 e. The van der Waals surface area contributed by atoms with E-state index in [0.29, 0.717) is 0 Å². The van der Waals surface area contributed by atoms with E-state index in [1.54, 1.807) is 0 Å². The van der Waals surface area contributed by atoms with E-state index in [-0.39, 0.29) is 0 Å². The van der Waals surface area contributed by atoms with Crippen LogP contribution in [0.2, 0.25) is 0 Å². The van der Waals surface area contributed by atoms with E-state index in [0.717, 1.165) is 45.3 Å². The van der Waals surface area contributed by atoms with Crippen molar-refractivity contribution in [1.29, 1.82) is 0 Å². The Morgan fingerprint density at radius 2 is 0.807 bits per heavy atom. The summed E-state index contributed by atoms with van der Waals surface area (Å²) in [6.07, 6.45) is 0. The summed E-state index contributed by atoms with van der Waals surface area (Å²) < 4.78 is 2.40. The largest absolute Gasteiger partial charge is 0.310 e. The molecule has 0 bridgehead atoms. The predicted molar refractivity (Wildman–Crippen MR) is 243 cm³/mol. The third kappa shape index (κ3) is 5.51. The summed E-state index contributed by atoms with van der Waals surface area (Å²) in [5.41, 5.74) is 10.0. The van der Waals surface area contributed by atoms with E-state index in [4.69, 9.17) is 0 Å². The van der Waals surface area contributed by atoms with Crippen molar-refractivity contribution in [3.8, 4) is 5.69 Å². The molecule has 3 nitrogen and oxygen atoms in total. The fraction of sp³-hybridized carbons (Fsp3) is 0. The molecule has 0 saturated carbocycles. The van der Waals surface area contributed by atoms with Gasteiger partial charge in [0.15, 0.2) is 0 Å². The van der Waals surface area contributed by atoms with E-state index >= 15 is 0 Å². The summed E-state index contributed by atoms with van der Waals surface area (Å²) in [5, 5.41) is 9.87. The average molecular weight is 728 g/mol. The van der Waals surface area contributed by atoms with Crippen molar-refractivity contribution < 1.29 is 0 Å². The Balaban J connectivity index is 1.21. The molecule has 0 radical (unpaired) electrons. The Hall–Kier alpha value is -7.62. The predicted octanol–water partition coefficient (Wildman–Crippen LogP) is 15.2. The van der Waals surface area contributed by atoms with Crippen molar-refractivity contribution in [3.63, 3.8) is 0 Å². The van der Waals surface area contributed by atoms with Gasteiger partial charge in [0.25, 0.3) is 0 Å². The first kappa shape index (κ1) is 32.8. The number of aromatic nitrogens is 1. The number of hydrogen-bond acceptors (Lipinski definition) is 2. The third-order valence-corrected chi connectivity index (χ3v) is 11.3. The average Bonchev–Trinajstić information content (AvgIpc) is 3.61. The molecule has 0 aliphatic carbocycles. The zero-order valence-corrected chi connectivity index (χ0v) is 31.2. The van der Waals surface area contributed by atoms with Crippen molar-refractivity contribution >= 4 is 88.2 Å². The molecule has 1 heterocycles. The van der Waals surface area contributed by atoms with Gasteiger partial charge in [-0.05, 0) is 106 Å². The molecular weight excluding hydrogens is 691 g/mol. The normalized spacial score (nSPS) is 11.5. The maximum Gasteiger partial charge on any atom is 0.0561 e. The molecule has 0 amide bonds. The van der Waals surface area contributed by atoms with Crippen LogP contribution in [0.15, 0.2) is 224 Å². The smallest absolute Gasteiger partial charge is 0.0561 e. The van der Waals surface area contributed by atoms with Crippen LogP contribution in [0.1, 0.15) is 0 Å². The molecule has 0 aliphatic heterocycles. The quantitative estimate of drug-likeness (QED) is 0.151. The lowest BCUT2D eigenvalue weighted by Crippen LogP contribution is -2.13. The van der Waals surface area contributed by atoms with Crippen LogP contribution in [0.3, 0.4) is 0 Å². The molecule has 3 heteroatoms. The standard InChI is InChI=1S/C54H37N3/c1-4-18-40(19-5-1)55(41-20-6-2-7-21-41)43-24-15-25-44(36-43)56(52-29-14-17-39-31-33-47-46-26-11-10-16-38(46)30-34-50(47)54(39)52)45-32-35-49-48-27-12-13-28-51(48)57(53(49)37-45)42-22-8-3-9-23-42/h1-37H. The zero-order valence-electron chi connectivity index (χ0n) is 31.2. The van der Waals surface area contributed by atoms with Crippen LogP contribution < -0.4 is 9.80 Å². The van der Waals surface area contributed by atoms with Crippen molar-refractivity contribution in [2.24, 2.45) is 0 Å². The third-order valence-electron chi connectivity index (χ3n) is 11.3. The molecule has 1 aromatic heterocycles. The topological polar surface area (TPSA) is 11.4 Å². The maximum atomic E-state index is 2.46. The van der Waals surface area contributed by atoms with Gasteiger partial charge in [0.05, 0.1) is 16.7 Å². The molecule has 268 valence electrons. The molecule has 10 aromatic carbocycles. The number of rotatable bonds is 7. The fourth-order valence-electron chi connectivity index (χ4n) is 8.80. The van der Waals surface area contributed by atoms with Gasteiger partial charge in [-0.25, -0.2) is 0 Å². The summed E-state index contributed by atoms with van der Waals surface area (Å²) >= 11 is 0. The molecule has 0 unspecified atom stereocenters. The first-order chi connectivity index (χ1) is 28.3. The highest BCUT2D eigenvalue weighted by atomic mass is 15.2. The molecule has 11 rings (SSSR count). The van der Waals surface area contributed by atoms with Gasteiger partial charge >= 0.3 is 0 Å². The second-order valence-electron chi connectivity index (χ2n) is 14.6. The number of fused-ring (bicyclic) bond motifs is 8.